The van der Waals surface area contributed by atoms with Crippen LogP contribution in [0.5, 0.6) is 0 Å². The summed E-state index contributed by atoms with van der Waals surface area (Å²) in [6.45, 7) is 5.06. The molecule has 9 heteroatoms. The number of nitro benzene ring substituents is 1. The molecule has 0 N–H and O–H groups in total. The van der Waals surface area contributed by atoms with Crippen LogP contribution in [0, 0.1) is 10.1 Å². The van der Waals surface area contributed by atoms with E-state index in [-0.39, 0.29) is 22.7 Å². The molecule has 1 heterocycles. The largest absolute Gasteiger partial charge is 0.411 e. The number of thioether (sulfide) groups is 1. The molecule has 1 atom stereocenters. The van der Waals surface area contributed by atoms with Crippen molar-refractivity contribution >= 4 is 23.4 Å². The zero-order chi connectivity index (χ0) is 20.8. The minimum Gasteiger partial charge on any atom is -0.411 e. The maximum Gasteiger partial charge on any atom is 0.277 e. The second-order valence-corrected chi connectivity index (χ2v) is 7.16. The first-order valence-electron chi connectivity index (χ1n) is 9.12. The van der Waals surface area contributed by atoms with Crippen LogP contribution >= 0.6 is 11.8 Å². The Balaban J connectivity index is 1.88. The fraction of sp³-hybridized carbons (Fsp3) is 0.250. The lowest BCUT2D eigenvalue weighted by Crippen LogP contribution is -2.33. The highest BCUT2D eigenvalue weighted by Crippen LogP contribution is 2.37. The molecule has 2 aromatic carbocycles. The van der Waals surface area contributed by atoms with Crippen molar-refractivity contribution in [2.24, 2.45) is 0 Å². The van der Waals surface area contributed by atoms with E-state index < -0.39 is 10.2 Å². The van der Waals surface area contributed by atoms with Gasteiger partial charge in [0.25, 0.3) is 10.9 Å². The standard InChI is InChI=1S/C20H20N4O4S/c1-3-23(4-2)19(25)17(14-9-6-5-7-10-14)29-20-22-21-18(28-20)15-11-8-12-16(13-15)24(26)27/h5-13,17H,3-4H2,1-2H3/t17-/m0/s1. The van der Waals surface area contributed by atoms with Crippen LogP contribution in [0.3, 0.4) is 0 Å². The third kappa shape index (κ3) is 4.80. The predicted octanol–water partition coefficient (Wildman–Crippen LogP) is 4.35. The molecule has 29 heavy (non-hydrogen) atoms. The van der Waals surface area contributed by atoms with E-state index in [1.807, 2.05) is 44.2 Å². The first-order valence-corrected chi connectivity index (χ1v) is 10.00. The molecule has 0 aliphatic carbocycles. The Hall–Kier alpha value is -3.20. The van der Waals surface area contributed by atoms with Crippen LogP contribution in [-0.2, 0) is 4.79 Å². The van der Waals surface area contributed by atoms with Crippen LogP contribution in [-0.4, -0.2) is 39.0 Å². The zero-order valence-electron chi connectivity index (χ0n) is 16.0. The summed E-state index contributed by atoms with van der Waals surface area (Å²) in [6.07, 6.45) is 0. The van der Waals surface area contributed by atoms with E-state index in [1.165, 1.54) is 23.9 Å². The van der Waals surface area contributed by atoms with Gasteiger partial charge in [0.1, 0.15) is 5.25 Å². The maximum atomic E-state index is 13.0. The third-order valence-corrected chi connectivity index (χ3v) is 5.41. The highest BCUT2D eigenvalue weighted by atomic mass is 32.2. The van der Waals surface area contributed by atoms with Crippen molar-refractivity contribution in [2.45, 2.75) is 24.3 Å². The number of nitrogens with zero attached hydrogens (tertiary/aromatic N) is 4. The number of amides is 1. The molecule has 1 amide bonds. The van der Waals surface area contributed by atoms with Gasteiger partial charge >= 0.3 is 0 Å². The summed E-state index contributed by atoms with van der Waals surface area (Å²) in [5.41, 5.74) is 1.23. The van der Waals surface area contributed by atoms with Crippen LogP contribution in [0.1, 0.15) is 24.7 Å². The molecular formula is C20H20N4O4S. The molecular weight excluding hydrogens is 392 g/mol. The SMILES string of the molecule is CCN(CC)C(=O)[C@@H](Sc1nnc(-c2cccc([N+](=O)[O-])c2)o1)c1ccccc1. The second kappa shape index (κ2) is 9.33. The molecule has 0 saturated carbocycles. The Morgan fingerprint density at radius 1 is 1.14 bits per heavy atom. The number of carbonyl (C=O) groups excluding carboxylic acids is 1. The fourth-order valence-corrected chi connectivity index (χ4v) is 3.78. The molecule has 0 radical (unpaired) electrons. The molecule has 0 aliphatic rings. The highest BCUT2D eigenvalue weighted by Gasteiger charge is 2.28. The van der Waals surface area contributed by atoms with Crippen LogP contribution < -0.4 is 0 Å². The minimum atomic E-state index is -0.533. The number of non-ortho nitro benzene ring substituents is 1. The zero-order valence-corrected chi connectivity index (χ0v) is 16.8. The van der Waals surface area contributed by atoms with E-state index in [9.17, 15) is 14.9 Å². The summed E-state index contributed by atoms with van der Waals surface area (Å²) >= 11 is 1.17. The smallest absolute Gasteiger partial charge is 0.277 e. The van der Waals surface area contributed by atoms with Gasteiger partial charge in [-0.15, -0.1) is 10.2 Å². The molecule has 3 aromatic rings. The summed E-state index contributed by atoms with van der Waals surface area (Å²) in [5.74, 6) is 0.125. The number of benzene rings is 2. The first kappa shape index (κ1) is 20.5. The molecule has 0 spiro atoms. The van der Waals surface area contributed by atoms with Gasteiger partial charge in [0.15, 0.2) is 0 Å². The van der Waals surface area contributed by atoms with Crippen molar-refractivity contribution in [1.82, 2.24) is 15.1 Å². The summed E-state index contributed by atoms with van der Waals surface area (Å²) in [5, 5.41) is 18.7. The number of rotatable bonds is 8. The van der Waals surface area contributed by atoms with Crippen LogP contribution in [0.25, 0.3) is 11.5 Å². The van der Waals surface area contributed by atoms with Crippen molar-refractivity contribution in [3.05, 3.63) is 70.3 Å². The molecule has 3 rings (SSSR count). The molecule has 1 aromatic heterocycles. The number of nitro groups is 1. The van der Waals surface area contributed by atoms with Gasteiger partial charge in [0, 0.05) is 30.8 Å². The van der Waals surface area contributed by atoms with Gasteiger partial charge < -0.3 is 9.32 Å². The van der Waals surface area contributed by atoms with Crippen molar-refractivity contribution in [2.75, 3.05) is 13.1 Å². The third-order valence-electron chi connectivity index (χ3n) is 4.33. The quantitative estimate of drug-likeness (QED) is 0.308. The predicted molar refractivity (Wildman–Crippen MR) is 109 cm³/mol. The van der Waals surface area contributed by atoms with Gasteiger partial charge in [0.2, 0.25) is 11.8 Å². The van der Waals surface area contributed by atoms with Gasteiger partial charge in [-0.3, -0.25) is 14.9 Å². The Morgan fingerprint density at radius 2 is 1.86 bits per heavy atom. The van der Waals surface area contributed by atoms with E-state index >= 15 is 0 Å². The highest BCUT2D eigenvalue weighted by molar-refractivity contribution is 8.00. The summed E-state index contributed by atoms with van der Waals surface area (Å²) in [6, 6.07) is 15.4. The topological polar surface area (TPSA) is 102 Å². The fourth-order valence-electron chi connectivity index (χ4n) is 2.82. The average molecular weight is 412 g/mol. The molecule has 0 fully saturated rings. The monoisotopic (exact) mass is 412 g/mol. The molecule has 0 aliphatic heterocycles. The van der Waals surface area contributed by atoms with Crippen LogP contribution in [0.2, 0.25) is 0 Å². The van der Waals surface area contributed by atoms with Gasteiger partial charge in [0.05, 0.1) is 4.92 Å². The summed E-state index contributed by atoms with van der Waals surface area (Å²) in [7, 11) is 0. The van der Waals surface area contributed by atoms with Gasteiger partial charge in [-0.2, -0.15) is 0 Å². The molecule has 8 nitrogen and oxygen atoms in total. The van der Waals surface area contributed by atoms with E-state index in [4.69, 9.17) is 4.42 Å². The summed E-state index contributed by atoms with van der Waals surface area (Å²) in [4.78, 5) is 25.3. The molecule has 0 unspecified atom stereocenters. The minimum absolute atomic E-state index is 0.0405. The average Bonchev–Trinajstić information content (AvgIpc) is 3.22. The molecule has 0 saturated heterocycles. The number of hydrogen-bond donors (Lipinski definition) is 0. The van der Waals surface area contributed by atoms with Gasteiger partial charge in [-0.05, 0) is 37.2 Å². The van der Waals surface area contributed by atoms with E-state index in [0.717, 1.165) is 5.56 Å². The lowest BCUT2D eigenvalue weighted by molar-refractivity contribution is -0.384. The maximum absolute atomic E-state index is 13.0. The van der Waals surface area contributed by atoms with E-state index in [1.54, 1.807) is 17.0 Å². The first-order chi connectivity index (χ1) is 14.0. The Morgan fingerprint density at radius 3 is 2.52 bits per heavy atom. The number of likely N-dealkylation sites (N-methyl/N-ethyl adjacent to an activating group) is 1. The number of hydrogen-bond acceptors (Lipinski definition) is 7. The van der Waals surface area contributed by atoms with Crippen molar-refractivity contribution < 1.29 is 14.1 Å². The van der Waals surface area contributed by atoms with Crippen LogP contribution in [0.4, 0.5) is 5.69 Å². The molecule has 150 valence electrons. The second-order valence-electron chi connectivity index (χ2n) is 6.10. The lowest BCUT2D eigenvalue weighted by atomic mass is 10.1. The van der Waals surface area contributed by atoms with E-state index in [2.05, 4.69) is 10.2 Å². The number of aromatic nitrogens is 2. The summed E-state index contributed by atoms with van der Waals surface area (Å²) < 4.78 is 5.70. The number of carbonyl (C=O) groups is 1. The normalized spacial score (nSPS) is 11.8. The molecule has 0 bridgehead atoms. The lowest BCUT2D eigenvalue weighted by Gasteiger charge is -2.24. The Bertz CT molecular complexity index is 989. The van der Waals surface area contributed by atoms with Crippen molar-refractivity contribution in [3.63, 3.8) is 0 Å². The van der Waals surface area contributed by atoms with Crippen LogP contribution in [0.15, 0.2) is 64.2 Å². The Kier molecular flexibility index (Phi) is 6.61. The van der Waals surface area contributed by atoms with E-state index in [0.29, 0.717) is 18.7 Å². The van der Waals surface area contributed by atoms with Crippen molar-refractivity contribution in [3.8, 4) is 11.5 Å². The Labute approximate surface area is 172 Å². The van der Waals surface area contributed by atoms with Gasteiger partial charge in [-0.1, -0.05) is 36.4 Å². The van der Waals surface area contributed by atoms with Crippen molar-refractivity contribution in [1.29, 1.82) is 0 Å². The van der Waals surface area contributed by atoms with Gasteiger partial charge in [-0.25, -0.2) is 0 Å².